The Kier molecular flexibility index (Phi) is 4.04. The van der Waals surface area contributed by atoms with E-state index in [9.17, 15) is 5.11 Å². The van der Waals surface area contributed by atoms with E-state index in [0.717, 1.165) is 37.8 Å². The van der Waals surface area contributed by atoms with E-state index < -0.39 is 0 Å². The quantitative estimate of drug-likeness (QED) is 0.727. The van der Waals surface area contributed by atoms with Crippen molar-refractivity contribution in [2.24, 2.45) is 11.8 Å². The first kappa shape index (κ1) is 12.1. The van der Waals surface area contributed by atoms with Crippen molar-refractivity contribution in [2.75, 3.05) is 19.6 Å². The number of likely N-dealkylation sites (tertiary alicyclic amines) is 1. The largest absolute Gasteiger partial charge is 0.393 e. The molecule has 0 unspecified atom stereocenters. The van der Waals surface area contributed by atoms with Crippen LogP contribution in [0.15, 0.2) is 11.6 Å². The van der Waals surface area contributed by atoms with Crippen LogP contribution in [-0.2, 0) is 0 Å². The van der Waals surface area contributed by atoms with E-state index in [1.165, 1.54) is 19.4 Å². The third kappa shape index (κ3) is 2.86. The Balaban J connectivity index is 1.88. The highest BCUT2D eigenvalue weighted by Gasteiger charge is 2.26. The Morgan fingerprint density at radius 2 is 2.00 bits per heavy atom. The fraction of sp³-hybridized carbons (Fsp3) is 0.857. The van der Waals surface area contributed by atoms with Gasteiger partial charge < -0.3 is 10.0 Å². The highest BCUT2D eigenvalue weighted by molar-refractivity contribution is 5.09. The first-order valence-corrected chi connectivity index (χ1v) is 6.74. The second-order valence-corrected chi connectivity index (χ2v) is 5.64. The van der Waals surface area contributed by atoms with Crippen molar-refractivity contribution in [3.8, 4) is 0 Å². The van der Waals surface area contributed by atoms with Gasteiger partial charge in [0, 0.05) is 19.6 Å². The van der Waals surface area contributed by atoms with E-state index in [2.05, 4.69) is 24.8 Å². The van der Waals surface area contributed by atoms with Gasteiger partial charge in [0.1, 0.15) is 0 Å². The summed E-state index contributed by atoms with van der Waals surface area (Å²) >= 11 is 0. The van der Waals surface area contributed by atoms with Crippen LogP contribution in [-0.4, -0.2) is 35.7 Å². The van der Waals surface area contributed by atoms with Gasteiger partial charge in [-0.25, -0.2) is 0 Å². The zero-order valence-electron chi connectivity index (χ0n) is 10.7. The summed E-state index contributed by atoms with van der Waals surface area (Å²) < 4.78 is 0. The van der Waals surface area contributed by atoms with Gasteiger partial charge in [-0.15, -0.1) is 0 Å². The van der Waals surface area contributed by atoms with Gasteiger partial charge in [0.25, 0.3) is 0 Å². The monoisotopic (exact) mass is 223 g/mol. The van der Waals surface area contributed by atoms with Gasteiger partial charge in [-0.3, -0.25) is 0 Å². The van der Waals surface area contributed by atoms with Crippen LogP contribution in [0.25, 0.3) is 0 Å². The first-order valence-electron chi connectivity index (χ1n) is 6.74. The van der Waals surface area contributed by atoms with Gasteiger partial charge in [0.05, 0.1) is 6.10 Å². The summed E-state index contributed by atoms with van der Waals surface area (Å²) in [6.07, 6.45) is 6.91. The van der Waals surface area contributed by atoms with Crippen LogP contribution >= 0.6 is 0 Å². The van der Waals surface area contributed by atoms with E-state index in [0.29, 0.717) is 0 Å². The minimum absolute atomic E-state index is 0.0448. The molecule has 2 heteroatoms. The molecule has 0 aromatic heterocycles. The summed E-state index contributed by atoms with van der Waals surface area (Å²) in [5.41, 5.74) is 1.59. The molecule has 0 aromatic carbocycles. The lowest BCUT2D eigenvalue weighted by Crippen LogP contribution is -2.40. The molecule has 0 amide bonds. The number of piperidine rings is 1. The molecule has 2 rings (SSSR count). The first-order chi connectivity index (χ1) is 7.66. The molecule has 1 N–H and O–H groups in total. The van der Waals surface area contributed by atoms with Crippen molar-refractivity contribution in [2.45, 2.75) is 45.6 Å². The molecule has 2 aliphatic rings. The van der Waals surface area contributed by atoms with Crippen molar-refractivity contribution in [3.63, 3.8) is 0 Å². The molecule has 1 aliphatic heterocycles. The second kappa shape index (κ2) is 5.33. The zero-order chi connectivity index (χ0) is 11.5. The third-order valence-electron chi connectivity index (χ3n) is 4.37. The smallest absolute Gasteiger partial charge is 0.0564 e. The van der Waals surface area contributed by atoms with E-state index in [-0.39, 0.29) is 6.10 Å². The van der Waals surface area contributed by atoms with E-state index in [1.54, 1.807) is 5.57 Å². The maximum absolute atomic E-state index is 9.50. The van der Waals surface area contributed by atoms with Crippen LogP contribution in [0.5, 0.6) is 0 Å². The van der Waals surface area contributed by atoms with Gasteiger partial charge in [-0.1, -0.05) is 18.6 Å². The molecule has 16 heavy (non-hydrogen) atoms. The van der Waals surface area contributed by atoms with Gasteiger partial charge in [0.15, 0.2) is 0 Å². The summed E-state index contributed by atoms with van der Waals surface area (Å²) in [5.74, 6) is 1.58. The van der Waals surface area contributed by atoms with Crippen molar-refractivity contribution in [3.05, 3.63) is 11.6 Å². The molecule has 92 valence electrons. The number of hydrogen-bond donors (Lipinski definition) is 1. The van der Waals surface area contributed by atoms with Crippen LogP contribution in [0.1, 0.15) is 39.5 Å². The highest BCUT2D eigenvalue weighted by atomic mass is 16.3. The maximum atomic E-state index is 9.50. The minimum atomic E-state index is -0.0448. The average Bonchev–Trinajstić information content (AvgIpc) is 2.26. The van der Waals surface area contributed by atoms with Gasteiger partial charge in [-0.2, -0.15) is 0 Å². The fourth-order valence-corrected chi connectivity index (χ4v) is 3.08. The zero-order valence-corrected chi connectivity index (χ0v) is 10.7. The molecule has 0 bridgehead atoms. The minimum Gasteiger partial charge on any atom is -0.393 e. The van der Waals surface area contributed by atoms with Crippen molar-refractivity contribution in [1.82, 2.24) is 4.90 Å². The predicted molar refractivity (Wildman–Crippen MR) is 67.3 cm³/mol. The lowest BCUT2D eigenvalue weighted by molar-refractivity contribution is 0.0721. The molecule has 2 atom stereocenters. The number of allylic oxidation sites excluding steroid dienone is 1. The summed E-state index contributed by atoms with van der Waals surface area (Å²) in [6, 6.07) is 0. The Morgan fingerprint density at radius 3 is 2.62 bits per heavy atom. The van der Waals surface area contributed by atoms with Crippen LogP contribution in [0, 0.1) is 11.8 Å². The van der Waals surface area contributed by atoms with Gasteiger partial charge in [-0.05, 0) is 44.4 Å². The number of nitrogens with zero attached hydrogens (tertiary/aromatic N) is 1. The Hall–Kier alpha value is -0.340. The lowest BCUT2D eigenvalue weighted by atomic mass is 9.79. The molecule has 1 heterocycles. The topological polar surface area (TPSA) is 23.5 Å². The van der Waals surface area contributed by atoms with Gasteiger partial charge >= 0.3 is 0 Å². The predicted octanol–water partition coefficient (Wildman–Crippen LogP) is 2.44. The number of hydrogen-bond acceptors (Lipinski definition) is 2. The molecule has 1 aliphatic carbocycles. The standard InChI is InChI=1S/C14H25NO/c1-11-4-3-5-12(2)14(11)10-15-8-6-13(16)7-9-15/h4,12-14,16H,3,5-10H2,1-2H3/t12-,14+/m1/s1. The molecular formula is C14H25NO. The maximum Gasteiger partial charge on any atom is 0.0564 e. The summed E-state index contributed by atoms with van der Waals surface area (Å²) in [4.78, 5) is 2.54. The molecule has 0 saturated carbocycles. The normalized spacial score (nSPS) is 33.8. The molecule has 1 saturated heterocycles. The summed E-state index contributed by atoms with van der Waals surface area (Å²) in [6.45, 7) is 8.05. The molecule has 2 nitrogen and oxygen atoms in total. The average molecular weight is 223 g/mol. The Morgan fingerprint density at radius 1 is 1.31 bits per heavy atom. The molecule has 0 spiro atoms. The number of aliphatic hydroxyl groups excluding tert-OH is 1. The van der Waals surface area contributed by atoms with Crippen molar-refractivity contribution in [1.29, 1.82) is 0 Å². The van der Waals surface area contributed by atoms with Crippen LogP contribution in [0.3, 0.4) is 0 Å². The Bertz CT molecular complexity index is 253. The van der Waals surface area contributed by atoms with E-state index in [1.807, 2.05) is 0 Å². The number of aliphatic hydroxyl groups is 1. The van der Waals surface area contributed by atoms with E-state index >= 15 is 0 Å². The SMILES string of the molecule is CC1=CCC[C@@H](C)[C@H]1CN1CCC(O)CC1. The third-order valence-corrected chi connectivity index (χ3v) is 4.37. The summed E-state index contributed by atoms with van der Waals surface area (Å²) in [5, 5.41) is 9.50. The van der Waals surface area contributed by atoms with Crippen molar-refractivity contribution < 1.29 is 5.11 Å². The Labute approximate surface area is 99.3 Å². The summed E-state index contributed by atoms with van der Waals surface area (Å²) in [7, 11) is 0. The van der Waals surface area contributed by atoms with Crippen LogP contribution in [0.4, 0.5) is 0 Å². The van der Waals surface area contributed by atoms with Gasteiger partial charge in [0.2, 0.25) is 0 Å². The molecule has 0 radical (unpaired) electrons. The van der Waals surface area contributed by atoms with E-state index in [4.69, 9.17) is 0 Å². The molecule has 1 fully saturated rings. The van der Waals surface area contributed by atoms with Crippen LogP contribution in [0.2, 0.25) is 0 Å². The fourth-order valence-electron chi connectivity index (χ4n) is 3.08. The lowest BCUT2D eigenvalue weighted by Gasteiger charge is -2.36. The number of rotatable bonds is 2. The van der Waals surface area contributed by atoms with Crippen LogP contribution < -0.4 is 0 Å². The molecule has 0 aromatic rings. The van der Waals surface area contributed by atoms with Crippen molar-refractivity contribution >= 4 is 0 Å². The highest BCUT2D eigenvalue weighted by Crippen LogP contribution is 2.31. The molecular weight excluding hydrogens is 198 g/mol. The second-order valence-electron chi connectivity index (χ2n) is 5.64.